The number of nitrogen functional groups attached to an aromatic ring is 1. The molecule has 6 heteroatoms. The summed E-state index contributed by atoms with van der Waals surface area (Å²) in [6, 6.07) is 2.19. The number of primary amides is 1. The fourth-order valence-electron chi connectivity index (χ4n) is 3.25. The summed E-state index contributed by atoms with van der Waals surface area (Å²) in [7, 11) is 0. The van der Waals surface area contributed by atoms with Crippen LogP contribution >= 0.6 is 0 Å². The number of likely N-dealkylation sites (tertiary alicyclic amines) is 1. The van der Waals surface area contributed by atoms with E-state index in [0.29, 0.717) is 23.1 Å². The Kier molecular flexibility index (Phi) is 3.48. The number of aromatic nitrogens is 1. The monoisotopic (exact) mass is 275 g/mol. The van der Waals surface area contributed by atoms with E-state index < -0.39 is 5.91 Å². The van der Waals surface area contributed by atoms with E-state index in [1.165, 1.54) is 25.9 Å². The van der Waals surface area contributed by atoms with Crippen molar-refractivity contribution in [3.8, 4) is 0 Å². The smallest absolute Gasteiger partial charge is 0.252 e. The summed E-state index contributed by atoms with van der Waals surface area (Å²) < 4.78 is 0. The lowest BCUT2D eigenvalue weighted by atomic mass is 10.2. The number of pyridine rings is 1. The second-order valence-electron chi connectivity index (χ2n) is 5.64. The maximum atomic E-state index is 11.6. The number of amides is 1. The van der Waals surface area contributed by atoms with E-state index in [2.05, 4.69) is 14.8 Å². The summed E-state index contributed by atoms with van der Waals surface area (Å²) in [5.41, 5.74) is 12.0. The first kappa shape index (κ1) is 13.2. The van der Waals surface area contributed by atoms with Gasteiger partial charge in [-0.05, 0) is 38.4 Å². The number of carbonyl (C=O) groups is 1. The van der Waals surface area contributed by atoms with Gasteiger partial charge in [0.15, 0.2) is 0 Å². The molecule has 3 heterocycles. The Labute approximate surface area is 118 Å². The van der Waals surface area contributed by atoms with Crippen LogP contribution in [0.2, 0.25) is 0 Å². The molecule has 0 saturated carbocycles. The van der Waals surface area contributed by atoms with E-state index in [4.69, 9.17) is 11.5 Å². The van der Waals surface area contributed by atoms with Crippen LogP contribution in [0.5, 0.6) is 0 Å². The van der Waals surface area contributed by atoms with Crippen molar-refractivity contribution in [2.24, 2.45) is 5.73 Å². The molecular formula is C14H21N5O. The molecule has 1 aromatic rings. The third-order valence-corrected chi connectivity index (χ3v) is 4.27. The van der Waals surface area contributed by atoms with Gasteiger partial charge in [-0.3, -0.25) is 9.69 Å². The first-order valence-corrected chi connectivity index (χ1v) is 7.19. The van der Waals surface area contributed by atoms with Crippen LogP contribution in [-0.2, 0) is 0 Å². The summed E-state index contributed by atoms with van der Waals surface area (Å²) in [5.74, 6) is 0.206. The van der Waals surface area contributed by atoms with Crippen molar-refractivity contribution < 1.29 is 4.79 Å². The molecule has 0 spiro atoms. The Morgan fingerprint density at radius 1 is 1.30 bits per heavy atom. The molecule has 3 rings (SSSR count). The zero-order valence-corrected chi connectivity index (χ0v) is 11.6. The van der Waals surface area contributed by atoms with Crippen LogP contribution in [-0.4, -0.2) is 48.0 Å². The van der Waals surface area contributed by atoms with Crippen LogP contribution in [0, 0.1) is 0 Å². The molecule has 4 N–H and O–H groups in total. The maximum absolute atomic E-state index is 11.6. The van der Waals surface area contributed by atoms with Crippen molar-refractivity contribution in [3.05, 3.63) is 17.8 Å². The lowest BCUT2D eigenvalue weighted by molar-refractivity contribution is 0.100. The Bertz CT molecular complexity index is 512. The fraction of sp³-hybridized carbons (Fsp3) is 0.571. The summed E-state index contributed by atoms with van der Waals surface area (Å²) in [6.07, 6.45) is 5.29. The summed E-state index contributed by atoms with van der Waals surface area (Å²) in [5, 5.41) is 0. The molecule has 1 amide bonds. The molecule has 6 nitrogen and oxygen atoms in total. The van der Waals surface area contributed by atoms with Crippen molar-refractivity contribution >= 4 is 17.4 Å². The number of rotatable bonds is 3. The summed E-state index contributed by atoms with van der Waals surface area (Å²) >= 11 is 0. The van der Waals surface area contributed by atoms with Crippen molar-refractivity contribution in [1.29, 1.82) is 0 Å². The molecule has 2 aliphatic rings. The van der Waals surface area contributed by atoms with Gasteiger partial charge < -0.3 is 16.4 Å². The SMILES string of the molecule is NC(=O)c1cc(N)cnc1N1CCC(N2CCCC2)C1. The molecule has 2 fully saturated rings. The highest BCUT2D eigenvalue weighted by Gasteiger charge is 2.31. The average Bonchev–Trinajstić information content (AvgIpc) is 3.09. The van der Waals surface area contributed by atoms with Crippen molar-refractivity contribution in [1.82, 2.24) is 9.88 Å². The lowest BCUT2D eigenvalue weighted by Gasteiger charge is -2.24. The van der Waals surface area contributed by atoms with Gasteiger partial charge in [-0.15, -0.1) is 0 Å². The molecular weight excluding hydrogens is 254 g/mol. The van der Waals surface area contributed by atoms with Crippen molar-refractivity contribution in [2.45, 2.75) is 25.3 Å². The van der Waals surface area contributed by atoms with Gasteiger partial charge >= 0.3 is 0 Å². The first-order valence-electron chi connectivity index (χ1n) is 7.19. The zero-order valence-electron chi connectivity index (χ0n) is 11.6. The number of nitrogens with zero attached hydrogens (tertiary/aromatic N) is 3. The minimum absolute atomic E-state index is 0.423. The van der Waals surface area contributed by atoms with Gasteiger partial charge in [-0.2, -0.15) is 0 Å². The number of hydrogen-bond acceptors (Lipinski definition) is 5. The third-order valence-electron chi connectivity index (χ3n) is 4.27. The van der Waals surface area contributed by atoms with Gasteiger partial charge in [-0.1, -0.05) is 0 Å². The van der Waals surface area contributed by atoms with E-state index in [1.54, 1.807) is 12.3 Å². The highest BCUT2D eigenvalue weighted by Crippen LogP contribution is 2.27. The maximum Gasteiger partial charge on any atom is 0.252 e. The van der Waals surface area contributed by atoms with Crippen molar-refractivity contribution in [3.63, 3.8) is 0 Å². The number of anilines is 2. The van der Waals surface area contributed by atoms with Crippen LogP contribution in [0.15, 0.2) is 12.3 Å². The van der Waals surface area contributed by atoms with E-state index in [-0.39, 0.29) is 0 Å². The van der Waals surface area contributed by atoms with E-state index in [9.17, 15) is 4.79 Å². The number of nitrogens with two attached hydrogens (primary N) is 2. The summed E-state index contributed by atoms with van der Waals surface area (Å²) in [4.78, 5) is 20.6. The fourth-order valence-corrected chi connectivity index (χ4v) is 3.25. The summed E-state index contributed by atoms with van der Waals surface area (Å²) in [6.45, 7) is 4.21. The standard InChI is InChI=1S/C14H21N5O/c15-10-7-12(13(16)20)14(17-8-10)19-6-3-11(9-19)18-4-1-2-5-18/h7-8,11H,1-6,9,15H2,(H2,16,20). The van der Waals surface area contributed by atoms with Gasteiger partial charge in [-0.25, -0.2) is 4.98 Å². The first-order chi connectivity index (χ1) is 9.65. The van der Waals surface area contributed by atoms with Gasteiger partial charge in [0.2, 0.25) is 0 Å². The zero-order chi connectivity index (χ0) is 14.1. The molecule has 0 radical (unpaired) electrons. The lowest BCUT2D eigenvalue weighted by Crippen LogP contribution is -2.36. The Hall–Kier alpha value is -1.82. The van der Waals surface area contributed by atoms with Gasteiger partial charge in [0.05, 0.1) is 17.4 Å². The second-order valence-corrected chi connectivity index (χ2v) is 5.64. The Morgan fingerprint density at radius 3 is 2.75 bits per heavy atom. The van der Waals surface area contributed by atoms with Crippen LogP contribution < -0.4 is 16.4 Å². The third kappa shape index (κ3) is 2.43. The molecule has 20 heavy (non-hydrogen) atoms. The molecule has 1 atom stereocenters. The molecule has 1 aromatic heterocycles. The van der Waals surface area contributed by atoms with Crippen LogP contribution in [0.3, 0.4) is 0 Å². The minimum Gasteiger partial charge on any atom is -0.397 e. The van der Waals surface area contributed by atoms with Crippen molar-refractivity contribution in [2.75, 3.05) is 36.8 Å². The predicted octanol–water partition coefficient (Wildman–Crippen LogP) is 0.437. The molecule has 108 valence electrons. The van der Waals surface area contributed by atoms with Gasteiger partial charge in [0, 0.05) is 19.1 Å². The molecule has 0 bridgehead atoms. The molecule has 0 aromatic carbocycles. The highest BCUT2D eigenvalue weighted by atomic mass is 16.1. The average molecular weight is 275 g/mol. The Morgan fingerprint density at radius 2 is 2.05 bits per heavy atom. The normalized spacial score (nSPS) is 23.4. The highest BCUT2D eigenvalue weighted by molar-refractivity contribution is 5.98. The minimum atomic E-state index is -0.468. The van der Waals surface area contributed by atoms with Crippen LogP contribution in [0.1, 0.15) is 29.6 Å². The quantitative estimate of drug-likeness (QED) is 0.835. The van der Waals surface area contributed by atoms with E-state index in [1.807, 2.05) is 0 Å². The van der Waals surface area contributed by atoms with Crippen LogP contribution in [0.25, 0.3) is 0 Å². The largest absolute Gasteiger partial charge is 0.397 e. The van der Waals surface area contributed by atoms with E-state index in [0.717, 1.165) is 19.5 Å². The second kappa shape index (κ2) is 5.28. The van der Waals surface area contributed by atoms with Gasteiger partial charge in [0.1, 0.15) is 5.82 Å². The predicted molar refractivity (Wildman–Crippen MR) is 78.6 cm³/mol. The molecule has 2 aliphatic heterocycles. The molecule has 2 saturated heterocycles. The Balaban J connectivity index is 1.78. The van der Waals surface area contributed by atoms with Gasteiger partial charge in [0.25, 0.3) is 5.91 Å². The number of hydrogen-bond donors (Lipinski definition) is 2. The number of carbonyl (C=O) groups excluding carboxylic acids is 1. The topological polar surface area (TPSA) is 88.5 Å². The van der Waals surface area contributed by atoms with E-state index >= 15 is 0 Å². The van der Waals surface area contributed by atoms with Crippen LogP contribution in [0.4, 0.5) is 11.5 Å². The molecule has 1 unspecified atom stereocenters. The molecule has 0 aliphatic carbocycles.